The predicted molar refractivity (Wildman–Crippen MR) is 75.1 cm³/mol. The van der Waals surface area contributed by atoms with Gasteiger partial charge in [0.05, 0.1) is 5.02 Å². The molecule has 2 nitrogen and oxygen atoms in total. The third-order valence-electron chi connectivity index (χ3n) is 1.98. The fourth-order valence-corrected chi connectivity index (χ4v) is 2.00. The number of anilines is 1. The van der Waals surface area contributed by atoms with E-state index in [1.54, 1.807) is 18.2 Å². The quantitative estimate of drug-likeness (QED) is 0.650. The first-order valence-corrected chi connectivity index (χ1v) is 6.09. The molecule has 0 atom stereocenters. The van der Waals surface area contributed by atoms with Crippen LogP contribution in [-0.2, 0) is 0 Å². The van der Waals surface area contributed by atoms with Crippen LogP contribution >= 0.6 is 34.2 Å². The first kappa shape index (κ1) is 11.5. The molecule has 2 N–H and O–H groups in total. The molecule has 0 aliphatic carbocycles. The smallest absolute Gasteiger partial charge is 0.146 e. The van der Waals surface area contributed by atoms with Crippen molar-refractivity contribution in [1.82, 2.24) is 0 Å². The molecule has 82 valence electrons. The van der Waals surface area contributed by atoms with Crippen LogP contribution in [0.2, 0.25) is 5.02 Å². The molecule has 2 rings (SSSR count). The zero-order chi connectivity index (χ0) is 11.5. The fraction of sp³-hybridized carbons (Fsp3) is 0. The molecule has 2 aromatic carbocycles. The Morgan fingerprint density at radius 2 is 1.94 bits per heavy atom. The maximum atomic E-state index is 6.01. The van der Waals surface area contributed by atoms with Gasteiger partial charge in [-0.25, -0.2) is 0 Å². The van der Waals surface area contributed by atoms with Crippen molar-refractivity contribution in [3.63, 3.8) is 0 Å². The highest BCUT2D eigenvalue weighted by molar-refractivity contribution is 14.1. The van der Waals surface area contributed by atoms with Crippen molar-refractivity contribution in [2.75, 3.05) is 5.73 Å². The Balaban J connectivity index is 2.27. The zero-order valence-electron chi connectivity index (χ0n) is 8.28. The van der Waals surface area contributed by atoms with E-state index in [-0.39, 0.29) is 0 Å². The Labute approximate surface area is 113 Å². The number of hydrogen-bond donors (Lipinski definition) is 1. The van der Waals surface area contributed by atoms with Gasteiger partial charge in [-0.2, -0.15) is 0 Å². The van der Waals surface area contributed by atoms with E-state index in [1.807, 2.05) is 24.3 Å². The summed E-state index contributed by atoms with van der Waals surface area (Å²) in [5.74, 6) is 1.37. The average Bonchev–Trinajstić information content (AvgIpc) is 2.22. The topological polar surface area (TPSA) is 35.2 Å². The molecule has 0 heterocycles. The molecular weight excluding hydrogens is 336 g/mol. The van der Waals surface area contributed by atoms with Crippen molar-refractivity contribution >= 4 is 39.9 Å². The summed E-state index contributed by atoms with van der Waals surface area (Å²) in [4.78, 5) is 0. The van der Waals surface area contributed by atoms with Crippen LogP contribution in [0, 0.1) is 3.57 Å². The van der Waals surface area contributed by atoms with Crippen LogP contribution in [0.3, 0.4) is 0 Å². The van der Waals surface area contributed by atoms with Crippen LogP contribution in [0.1, 0.15) is 0 Å². The van der Waals surface area contributed by atoms with Gasteiger partial charge in [-0.1, -0.05) is 17.7 Å². The summed E-state index contributed by atoms with van der Waals surface area (Å²) in [6, 6.07) is 12.9. The molecule has 0 radical (unpaired) electrons. The van der Waals surface area contributed by atoms with Gasteiger partial charge in [0, 0.05) is 9.26 Å². The van der Waals surface area contributed by atoms with Crippen molar-refractivity contribution < 1.29 is 4.74 Å². The molecule has 0 unspecified atom stereocenters. The minimum absolute atomic E-state index is 0.513. The standard InChI is InChI=1S/C12H9ClINO/c13-11-7-9(15)4-5-12(11)16-10-3-1-2-8(14)6-10/h1-7H,15H2. The zero-order valence-corrected chi connectivity index (χ0v) is 11.2. The second-order valence-corrected chi connectivity index (χ2v) is 4.90. The summed E-state index contributed by atoms with van der Waals surface area (Å²) >= 11 is 8.24. The van der Waals surface area contributed by atoms with Crippen molar-refractivity contribution in [2.24, 2.45) is 0 Å². The molecule has 0 spiro atoms. The van der Waals surface area contributed by atoms with Gasteiger partial charge in [-0.05, 0) is 59.0 Å². The van der Waals surface area contributed by atoms with Crippen LogP contribution in [0.25, 0.3) is 0 Å². The maximum Gasteiger partial charge on any atom is 0.146 e. The van der Waals surface area contributed by atoms with Gasteiger partial charge in [0.2, 0.25) is 0 Å². The van der Waals surface area contributed by atoms with E-state index in [4.69, 9.17) is 22.1 Å². The van der Waals surface area contributed by atoms with Crippen molar-refractivity contribution in [1.29, 1.82) is 0 Å². The van der Waals surface area contributed by atoms with Gasteiger partial charge in [0.1, 0.15) is 11.5 Å². The molecule has 0 amide bonds. The van der Waals surface area contributed by atoms with E-state index in [2.05, 4.69) is 22.6 Å². The normalized spacial score (nSPS) is 10.1. The highest BCUT2D eigenvalue weighted by atomic mass is 127. The number of nitrogen functional groups attached to an aromatic ring is 1. The van der Waals surface area contributed by atoms with Crippen LogP contribution in [-0.4, -0.2) is 0 Å². The lowest BCUT2D eigenvalue weighted by Gasteiger charge is -2.08. The van der Waals surface area contributed by atoms with Crippen LogP contribution < -0.4 is 10.5 Å². The number of halogens is 2. The Morgan fingerprint density at radius 3 is 2.62 bits per heavy atom. The lowest BCUT2D eigenvalue weighted by atomic mass is 10.3. The van der Waals surface area contributed by atoms with Gasteiger partial charge < -0.3 is 10.5 Å². The Morgan fingerprint density at radius 1 is 1.12 bits per heavy atom. The Hall–Kier alpha value is -0.940. The summed E-state index contributed by atoms with van der Waals surface area (Å²) in [6.07, 6.45) is 0. The van der Waals surface area contributed by atoms with Gasteiger partial charge >= 0.3 is 0 Å². The largest absolute Gasteiger partial charge is 0.456 e. The average molecular weight is 346 g/mol. The van der Waals surface area contributed by atoms with Crippen molar-refractivity contribution in [3.8, 4) is 11.5 Å². The summed E-state index contributed by atoms with van der Waals surface area (Å²) in [5, 5.41) is 0.513. The van der Waals surface area contributed by atoms with E-state index < -0.39 is 0 Å². The fourth-order valence-electron chi connectivity index (χ4n) is 1.26. The molecule has 16 heavy (non-hydrogen) atoms. The third kappa shape index (κ3) is 2.80. The predicted octanol–water partition coefficient (Wildman–Crippen LogP) is 4.32. The Kier molecular flexibility index (Phi) is 3.56. The third-order valence-corrected chi connectivity index (χ3v) is 2.95. The highest BCUT2D eigenvalue weighted by Crippen LogP contribution is 2.31. The molecule has 0 aromatic heterocycles. The molecule has 0 bridgehead atoms. The molecule has 0 fully saturated rings. The van der Waals surface area contributed by atoms with Gasteiger partial charge in [-0.15, -0.1) is 0 Å². The lowest BCUT2D eigenvalue weighted by Crippen LogP contribution is -1.88. The minimum atomic E-state index is 0.513. The summed E-state index contributed by atoms with van der Waals surface area (Å²) in [6.45, 7) is 0. The number of rotatable bonds is 2. The van der Waals surface area contributed by atoms with Crippen LogP contribution in [0.4, 0.5) is 5.69 Å². The van der Waals surface area contributed by atoms with Gasteiger partial charge in [0.25, 0.3) is 0 Å². The molecule has 2 aromatic rings. The summed E-state index contributed by atoms with van der Waals surface area (Å²) in [7, 11) is 0. The molecule has 0 aliphatic heterocycles. The molecular formula is C12H9ClINO. The van der Waals surface area contributed by atoms with E-state index >= 15 is 0 Å². The first-order valence-electron chi connectivity index (χ1n) is 4.63. The molecule has 0 aliphatic rings. The first-order chi connectivity index (χ1) is 7.65. The lowest BCUT2D eigenvalue weighted by molar-refractivity contribution is 0.482. The number of benzene rings is 2. The number of ether oxygens (including phenoxy) is 1. The molecule has 0 saturated heterocycles. The van der Waals surface area contributed by atoms with E-state index in [9.17, 15) is 0 Å². The second kappa shape index (κ2) is 4.93. The number of hydrogen-bond acceptors (Lipinski definition) is 2. The van der Waals surface area contributed by atoms with E-state index in [0.29, 0.717) is 16.5 Å². The van der Waals surface area contributed by atoms with Crippen LogP contribution in [0.15, 0.2) is 42.5 Å². The van der Waals surface area contributed by atoms with E-state index in [1.165, 1.54) is 0 Å². The van der Waals surface area contributed by atoms with Crippen LogP contribution in [0.5, 0.6) is 11.5 Å². The van der Waals surface area contributed by atoms with Crippen molar-refractivity contribution in [3.05, 3.63) is 51.1 Å². The summed E-state index contributed by atoms with van der Waals surface area (Å²) in [5.41, 5.74) is 6.23. The maximum absolute atomic E-state index is 6.01. The highest BCUT2D eigenvalue weighted by Gasteiger charge is 2.03. The van der Waals surface area contributed by atoms with Gasteiger partial charge in [0.15, 0.2) is 0 Å². The second-order valence-electron chi connectivity index (χ2n) is 3.25. The van der Waals surface area contributed by atoms with Gasteiger partial charge in [-0.3, -0.25) is 0 Å². The molecule has 4 heteroatoms. The monoisotopic (exact) mass is 345 g/mol. The summed E-state index contributed by atoms with van der Waals surface area (Å²) < 4.78 is 6.77. The molecule has 0 saturated carbocycles. The number of nitrogens with two attached hydrogens (primary N) is 1. The SMILES string of the molecule is Nc1ccc(Oc2cccc(I)c2)c(Cl)c1. The minimum Gasteiger partial charge on any atom is -0.456 e. The van der Waals surface area contributed by atoms with E-state index in [0.717, 1.165) is 9.32 Å². The Bertz CT molecular complexity index is 516. The van der Waals surface area contributed by atoms with Crippen molar-refractivity contribution in [2.45, 2.75) is 0 Å².